The van der Waals surface area contributed by atoms with E-state index < -0.39 is 24.3 Å². The van der Waals surface area contributed by atoms with Gasteiger partial charge in [-0.25, -0.2) is 0 Å². The second-order valence-corrected chi connectivity index (χ2v) is 22.7. The van der Waals surface area contributed by atoms with E-state index >= 15 is 0 Å². The van der Waals surface area contributed by atoms with Gasteiger partial charge in [0.1, 0.15) is 13.2 Å². The maximum Gasteiger partial charge on any atom is 0.306 e. The normalized spacial score (nSPS) is 13.0. The molecule has 2 atom stereocenters. The summed E-state index contributed by atoms with van der Waals surface area (Å²) in [5.74, 6) is -2.28. The highest BCUT2D eigenvalue weighted by atomic mass is 16.7. The van der Waals surface area contributed by atoms with Crippen LogP contribution in [0.1, 0.15) is 296 Å². The predicted molar refractivity (Wildman–Crippen MR) is 315 cm³/mol. The molecule has 0 aliphatic carbocycles. The van der Waals surface area contributed by atoms with Crippen molar-refractivity contribution in [1.82, 2.24) is 0 Å². The molecule has 0 aromatic heterocycles. The minimum absolute atomic E-state index is 0.146. The first kappa shape index (κ1) is 72.2. The molecular weight excluding hydrogens is 935 g/mol. The summed E-state index contributed by atoms with van der Waals surface area (Å²) in [7, 11) is 5.93. The van der Waals surface area contributed by atoms with Gasteiger partial charge in [0.25, 0.3) is 0 Å². The van der Waals surface area contributed by atoms with E-state index in [-0.39, 0.29) is 32.2 Å². The van der Waals surface area contributed by atoms with Crippen LogP contribution in [0.5, 0.6) is 0 Å². The highest BCUT2D eigenvalue weighted by molar-refractivity contribution is 5.70. The van der Waals surface area contributed by atoms with E-state index in [1.54, 1.807) is 0 Å². The van der Waals surface area contributed by atoms with Gasteiger partial charge < -0.3 is 33.3 Å². The molecule has 75 heavy (non-hydrogen) atoms. The van der Waals surface area contributed by atoms with Crippen molar-refractivity contribution in [3.05, 3.63) is 48.6 Å². The average molecular weight is 1060 g/mol. The summed E-state index contributed by atoms with van der Waals surface area (Å²) in [6.45, 7) is 4.77. The molecular formula is C66H121NO8. The van der Waals surface area contributed by atoms with Crippen LogP contribution in [0, 0.1) is 0 Å². The van der Waals surface area contributed by atoms with Crippen LogP contribution >= 0.6 is 0 Å². The van der Waals surface area contributed by atoms with Crippen LogP contribution in [-0.4, -0.2) is 82.3 Å². The van der Waals surface area contributed by atoms with Crippen molar-refractivity contribution in [2.24, 2.45) is 0 Å². The van der Waals surface area contributed by atoms with Crippen LogP contribution in [0.2, 0.25) is 0 Å². The number of hydrogen-bond donors (Lipinski definition) is 0. The van der Waals surface area contributed by atoms with E-state index in [0.29, 0.717) is 23.9 Å². The number of ether oxygens (including phenoxy) is 4. The Hall–Kier alpha value is -2.75. The smallest absolute Gasteiger partial charge is 0.306 e. The first-order valence-electron chi connectivity index (χ1n) is 31.8. The maximum atomic E-state index is 12.9. The lowest BCUT2D eigenvalue weighted by Gasteiger charge is -2.26. The van der Waals surface area contributed by atoms with Crippen LogP contribution < -0.4 is 5.11 Å². The molecule has 0 rings (SSSR count). The fraction of sp³-hybridized carbons (Fsp3) is 0.833. The Morgan fingerprint density at radius 3 is 1.08 bits per heavy atom. The Morgan fingerprint density at radius 2 is 0.720 bits per heavy atom. The van der Waals surface area contributed by atoms with Crippen molar-refractivity contribution in [3.63, 3.8) is 0 Å². The molecule has 0 bridgehead atoms. The first-order chi connectivity index (χ1) is 36.6. The van der Waals surface area contributed by atoms with Crippen molar-refractivity contribution in [1.29, 1.82) is 0 Å². The number of quaternary nitrogens is 1. The van der Waals surface area contributed by atoms with Gasteiger partial charge in [-0.05, 0) is 77.0 Å². The van der Waals surface area contributed by atoms with Gasteiger partial charge in [-0.15, -0.1) is 0 Å². The SMILES string of the molecule is CCCCCCC/C=C\C/C=C\C/C=C\CCCCCCCCCCC(=O)OC(COC(=O)CCCCCCCCCCCCCCCCC/C=C\CCCCCCCCCC)COC(OCC[N+](C)(C)C)C(=O)[O-]. The van der Waals surface area contributed by atoms with Gasteiger partial charge in [0.15, 0.2) is 12.4 Å². The Kier molecular flexibility index (Phi) is 55.3. The lowest BCUT2D eigenvalue weighted by Crippen LogP contribution is -2.44. The molecule has 9 heteroatoms. The Balaban J connectivity index is 4.18. The highest BCUT2D eigenvalue weighted by Gasteiger charge is 2.22. The van der Waals surface area contributed by atoms with E-state index in [9.17, 15) is 19.5 Å². The van der Waals surface area contributed by atoms with Crippen LogP contribution in [0.15, 0.2) is 48.6 Å². The summed E-state index contributed by atoms with van der Waals surface area (Å²) in [4.78, 5) is 37.4. The van der Waals surface area contributed by atoms with Crippen LogP contribution in [0.4, 0.5) is 0 Å². The number of esters is 2. The molecule has 0 aliphatic rings. The number of hydrogen-bond acceptors (Lipinski definition) is 8. The number of carboxylic acids is 1. The molecule has 0 aromatic rings. The molecule has 438 valence electrons. The zero-order chi connectivity index (χ0) is 54.8. The number of unbranched alkanes of at least 4 members (excludes halogenated alkanes) is 36. The molecule has 0 heterocycles. The number of carbonyl (C=O) groups excluding carboxylic acids is 3. The molecule has 0 aromatic carbocycles. The quantitative estimate of drug-likeness (QED) is 0.0195. The minimum atomic E-state index is -1.62. The molecule has 0 saturated heterocycles. The molecule has 0 saturated carbocycles. The standard InChI is InChI=1S/C66H121NO8/c1-6-8-10-12-14-16-18-20-22-24-26-28-30-31-32-33-35-36-38-40-42-44-46-48-50-52-54-56-63(68)73-60-62(61-74-66(65(70)71)72-59-58-67(3,4)5)75-64(69)57-55-53-51-49-47-45-43-41-39-37-34-29-27-25-23-21-19-17-15-13-11-9-7-2/h19,21,24-27,34,37,62,66H,6-18,20,22-23,28-33,35-36,38-61H2,1-5H3/b21-19-,26-24-,27-25-,37-34-. The van der Waals surface area contributed by atoms with E-state index in [2.05, 4.69) is 62.5 Å². The molecule has 0 radical (unpaired) electrons. The lowest BCUT2D eigenvalue weighted by molar-refractivity contribution is -0.870. The number of rotatable bonds is 59. The van der Waals surface area contributed by atoms with Crippen molar-refractivity contribution < 1.29 is 42.9 Å². The van der Waals surface area contributed by atoms with E-state index in [0.717, 1.165) is 57.8 Å². The number of allylic oxidation sites excluding steroid dienone is 8. The van der Waals surface area contributed by atoms with Gasteiger partial charge >= 0.3 is 11.9 Å². The zero-order valence-electron chi connectivity index (χ0n) is 49.9. The third kappa shape index (κ3) is 58.8. The summed E-state index contributed by atoms with van der Waals surface area (Å²) < 4.78 is 22.8. The molecule has 0 N–H and O–H groups in total. The lowest BCUT2D eigenvalue weighted by atomic mass is 10.0. The number of carbonyl (C=O) groups is 3. The van der Waals surface area contributed by atoms with Crippen LogP contribution in [0.25, 0.3) is 0 Å². The topological polar surface area (TPSA) is 111 Å². The highest BCUT2D eigenvalue weighted by Crippen LogP contribution is 2.17. The van der Waals surface area contributed by atoms with Gasteiger partial charge in [0.05, 0.1) is 40.3 Å². The van der Waals surface area contributed by atoms with Crippen LogP contribution in [0.3, 0.4) is 0 Å². The van der Waals surface area contributed by atoms with Crippen LogP contribution in [-0.2, 0) is 33.3 Å². The van der Waals surface area contributed by atoms with E-state index in [1.165, 1.54) is 205 Å². The van der Waals surface area contributed by atoms with Gasteiger partial charge in [-0.1, -0.05) is 255 Å². The second-order valence-electron chi connectivity index (χ2n) is 22.7. The molecule has 2 unspecified atom stereocenters. The first-order valence-corrected chi connectivity index (χ1v) is 31.8. The molecule has 0 spiro atoms. The summed E-state index contributed by atoms with van der Waals surface area (Å²) in [6.07, 6.45) is 68.8. The number of likely N-dealkylation sites (N-methyl/N-ethyl adjacent to an activating group) is 1. The fourth-order valence-electron chi connectivity index (χ4n) is 9.13. The maximum absolute atomic E-state index is 12.9. The molecule has 0 amide bonds. The van der Waals surface area contributed by atoms with Gasteiger partial charge in [-0.3, -0.25) is 9.59 Å². The predicted octanol–water partition coefficient (Wildman–Crippen LogP) is 17.7. The molecule has 0 aliphatic heterocycles. The Bertz CT molecular complexity index is 1370. The number of nitrogens with zero attached hydrogens (tertiary/aromatic N) is 1. The summed E-state index contributed by atoms with van der Waals surface area (Å²) in [6, 6.07) is 0. The van der Waals surface area contributed by atoms with E-state index in [1.807, 2.05) is 21.1 Å². The van der Waals surface area contributed by atoms with Gasteiger partial charge in [-0.2, -0.15) is 0 Å². The molecule has 0 fully saturated rings. The van der Waals surface area contributed by atoms with E-state index in [4.69, 9.17) is 18.9 Å². The Morgan fingerprint density at radius 1 is 0.400 bits per heavy atom. The third-order valence-corrected chi connectivity index (χ3v) is 14.0. The summed E-state index contributed by atoms with van der Waals surface area (Å²) in [5, 5.41) is 11.8. The minimum Gasteiger partial charge on any atom is -0.545 e. The Labute approximate surface area is 463 Å². The largest absolute Gasteiger partial charge is 0.545 e. The molecule has 9 nitrogen and oxygen atoms in total. The van der Waals surface area contributed by atoms with Gasteiger partial charge in [0.2, 0.25) is 0 Å². The number of carboxylic acid groups (broad SMARTS) is 1. The van der Waals surface area contributed by atoms with Crippen molar-refractivity contribution >= 4 is 17.9 Å². The summed E-state index contributed by atoms with van der Waals surface area (Å²) >= 11 is 0. The van der Waals surface area contributed by atoms with Crippen molar-refractivity contribution in [2.75, 3.05) is 47.5 Å². The number of aliphatic carboxylic acids is 1. The average Bonchev–Trinajstić information content (AvgIpc) is 3.38. The monoisotopic (exact) mass is 1060 g/mol. The van der Waals surface area contributed by atoms with Crippen molar-refractivity contribution in [3.8, 4) is 0 Å². The second kappa shape index (κ2) is 57.4. The van der Waals surface area contributed by atoms with Crippen molar-refractivity contribution in [2.45, 2.75) is 309 Å². The van der Waals surface area contributed by atoms with Gasteiger partial charge in [0, 0.05) is 12.8 Å². The third-order valence-electron chi connectivity index (χ3n) is 14.0. The fourth-order valence-corrected chi connectivity index (χ4v) is 9.13. The summed E-state index contributed by atoms with van der Waals surface area (Å²) in [5.41, 5.74) is 0. The zero-order valence-corrected chi connectivity index (χ0v) is 49.9.